The maximum Gasteiger partial charge on any atom is 0.407 e. The molecule has 0 fully saturated rings. The number of hydrogen-bond donors (Lipinski definition) is 2. The molecular weight excluding hydrogens is 293 g/mol. The lowest BCUT2D eigenvalue weighted by atomic mass is 9.98. The van der Waals surface area contributed by atoms with Crippen LogP contribution in [-0.4, -0.2) is 29.7 Å². The zero-order chi connectivity index (χ0) is 16.9. The fourth-order valence-electron chi connectivity index (χ4n) is 1.80. The summed E-state index contributed by atoms with van der Waals surface area (Å²) in [6.07, 6.45) is -0.631. The number of amides is 1. The second-order valence-corrected chi connectivity index (χ2v) is 5.78. The molecule has 0 saturated carbocycles. The van der Waals surface area contributed by atoms with Gasteiger partial charge in [0.05, 0.1) is 11.0 Å². The highest BCUT2D eigenvalue weighted by Gasteiger charge is 2.20. The summed E-state index contributed by atoms with van der Waals surface area (Å²) in [5.74, 6) is -1.23. The summed E-state index contributed by atoms with van der Waals surface area (Å²) < 4.78 is 19.0. The van der Waals surface area contributed by atoms with E-state index < -0.39 is 28.4 Å². The molecule has 0 aromatic heterocycles. The summed E-state index contributed by atoms with van der Waals surface area (Å²) in [5, 5.41) is 13.1. The summed E-state index contributed by atoms with van der Waals surface area (Å²) in [6.45, 7) is 5.32. The lowest BCUT2D eigenvalue weighted by Crippen LogP contribution is -2.36. The van der Waals surface area contributed by atoms with Crippen LogP contribution in [0.1, 0.15) is 32.3 Å². The largest absolute Gasteiger partial charge is 0.444 e. The summed E-state index contributed by atoms with van der Waals surface area (Å²) in [7, 11) is 0. The molecule has 1 aromatic carbocycles. The molecule has 22 heavy (non-hydrogen) atoms. The van der Waals surface area contributed by atoms with E-state index in [9.17, 15) is 19.3 Å². The number of non-ortho nitro benzene ring substituents is 1. The van der Waals surface area contributed by atoms with Gasteiger partial charge in [0.15, 0.2) is 0 Å². The Hall–Kier alpha value is -2.22. The number of hydrogen-bond acceptors (Lipinski definition) is 5. The zero-order valence-electron chi connectivity index (χ0n) is 12.8. The minimum Gasteiger partial charge on any atom is -0.444 e. The molecular formula is C14H20FN3O4. The van der Waals surface area contributed by atoms with E-state index in [4.69, 9.17) is 10.5 Å². The molecule has 0 heterocycles. The number of nitrogens with two attached hydrogens (primary N) is 1. The van der Waals surface area contributed by atoms with Gasteiger partial charge in [0.1, 0.15) is 11.4 Å². The number of halogens is 1. The Morgan fingerprint density at radius 2 is 2.14 bits per heavy atom. The van der Waals surface area contributed by atoms with Crippen LogP contribution in [0.5, 0.6) is 0 Å². The summed E-state index contributed by atoms with van der Waals surface area (Å²) >= 11 is 0. The molecule has 1 atom stereocenters. The van der Waals surface area contributed by atoms with Gasteiger partial charge in [0.2, 0.25) is 0 Å². The van der Waals surface area contributed by atoms with Gasteiger partial charge in [0, 0.05) is 25.1 Å². The molecule has 0 bridgehead atoms. The average molecular weight is 313 g/mol. The van der Waals surface area contributed by atoms with Crippen molar-refractivity contribution in [2.75, 3.05) is 13.1 Å². The van der Waals surface area contributed by atoms with Gasteiger partial charge in [-0.25, -0.2) is 9.18 Å². The van der Waals surface area contributed by atoms with E-state index in [1.807, 2.05) is 0 Å². The minimum atomic E-state index is -0.726. The number of benzene rings is 1. The Balaban J connectivity index is 2.76. The van der Waals surface area contributed by atoms with Crippen LogP contribution >= 0.6 is 0 Å². The summed E-state index contributed by atoms with van der Waals surface area (Å²) in [6, 6.07) is 3.35. The first-order chi connectivity index (χ1) is 10.1. The third kappa shape index (κ3) is 5.28. The highest BCUT2D eigenvalue weighted by atomic mass is 19.1. The van der Waals surface area contributed by atoms with Gasteiger partial charge >= 0.3 is 6.09 Å². The van der Waals surface area contributed by atoms with E-state index in [0.29, 0.717) is 0 Å². The van der Waals surface area contributed by atoms with Crippen molar-refractivity contribution in [2.24, 2.45) is 5.73 Å². The molecule has 8 heteroatoms. The normalized spacial score (nSPS) is 12.6. The third-order valence-electron chi connectivity index (χ3n) is 2.81. The van der Waals surface area contributed by atoms with Crippen molar-refractivity contribution in [1.82, 2.24) is 5.32 Å². The topological polar surface area (TPSA) is 107 Å². The lowest BCUT2D eigenvalue weighted by Gasteiger charge is -2.21. The molecule has 1 rings (SSSR count). The van der Waals surface area contributed by atoms with Gasteiger partial charge in [-0.1, -0.05) is 0 Å². The molecule has 0 saturated heterocycles. The van der Waals surface area contributed by atoms with E-state index in [2.05, 4.69) is 5.32 Å². The average Bonchev–Trinajstić information content (AvgIpc) is 2.38. The van der Waals surface area contributed by atoms with Crippen LogP contribution in [0.3, 0.4) is 0 Å². The molecule has 0 aliphatic rings. The Morgan fingerprint density at radius 1 is 1.50 bits per heavy atom. The van der Waals surface area contributed by atoms with Crippen molar-refractivity contribution in [2.45, 2.75) is 32.3 Å². The van der Waals surface area contributed by atoms with Crippen LogP contribution in [0.25, 0.3) is 0 Å². The standard InChI is InChI=1S/C14H20FN3O4/c1-14(2,3)22-13(19)17-8-9(7-16)11-5-4-10(18(20)21)6-12(11)15/h4-6,9H,7-8,16H2,1-3H3,(H,17,19). The number of rotatable bonds is 5. The number of nitro benzene ring substituents is 1. The smallest absolute Gasteiger partial charge is 0.407 e. The van der Waals surface area contributed by atoms with E-state index in [0.717, 1.165) is 6.07 Å². The van der Waals surface area contributed by atoms with Crippen molar-refractivity contribution >= 4 is 11.8 Å². The van der Waals surface area contributed by atoms with E-state index in [-0.39, 0.29) is 24.3 Å². The molecule has 122 valence electrons. The van der Waals surface area contributed by atoms with Crippen molar-refractivity contribution in [3.8, 4) is 0 Å². The number of carbonyl (C=O) groups excluding carboxylic acids is 1. The quantitative estimate of drug-likeness (QED) is 0.640. The van der Waals surface area contributed by atoms with Crippen LogP contribution in [0, 0.1) is 15.9 Å². The molecule has 7 nitrogen and oxygen atoms in total. The monoisotopic (exact) mass is 313 g/mol. The Bertz CT molecular complexity index is 558. The number of ether oxygens (including phenoxy) is 1. The Kier molecular flexibility index (Phi) is 5.81. The first-order valence-electron chi connectivity index (χ1n) is 6.75. The van der Waals surface area contributed by atoms with Crippen LogP contribution in [0.15, 0.2) is 18.2 Å². The van der Waals surface area contributed by atoms with Crippen LogP contribution < -0.4 is 11.1 Å². The van der Waals surface area contributed by atoms with E-state index >= 15 is 0 Å². The highest BCUT2D eigenvalue weighted by Crippen LogP contribution is 2.22. The molecule has 3 N–H and O–H groups in total. The Labute approximate surface area is 127 Å². The molecule has 1 aromatic rings. The van der Waals surface area contributed by atoms with Gasteiger partial charge in [-0.2, -0.15) is 0 Å². The number of nitrogens with zero attached hydrogens (tertiary/aromatic N) is 1. The molecule has 1 amide bonds. The first-order valence-corrected chi connectivity index (χ1v) is 6.75. The van der Waals surface area contributed by atoms with Crippen LogP contribution in [0.2, 0.25) is 0 Å². The highest BCUT2D eigenvalue weighted by molar-refractivity contribution is 5.67. The fourth-order valence-corrected chi connectivity index (χ4v) is 1.80. The van der Waals surface area contributed by atoms with E-state index in [1.165, 1.54) is 12.1 Å². The number of nitrogens with one attached hydrogen (secondary N) is 1. The molecule has 0 radical (unpaired) electrons. The maximum absolute atomic E-state index is 13.9. The van der Waals surface area contributed by atoms with Gasteiger partial charge in [0.25, 0.3) is 5.69 Å². The fraction of sp³-hybridized carbons (Fsp3) is 0.500. The predicted molar refractivity (Wildman–Crippen MR) is 79.1 cm³/mol. The minimum absolute atomic E-state index is 0.0696. The van der Waals surface area contributed by atoms with Gasteiger partial charge in [-0.05, 0) is 32.4 Å². The van der Waals surface area contributed by atoms with Crippen molar-refractivity contribution in [3.63, 3.8) is 0 Å². The first kappa shape index (κ1) is 17.8. The van der Waals surface area contributed by atoms with Crippen molar-refractivity contribution < 1.29 is 18.8 Å². The summed E-state index contributed by atoms with van der Waals surface area (Å²) in [4.78, 5) is 21.5. The van der Waals surface area contributed by atoms with Gasteiger partial charge in [-0.15, -0.1) is 0 Å². The third-order valence-corrected chi connectivity index (χ3v) is 2.81. The second kappa shape index (κ2) is 7.17. The Morgan fingerprint density at radius 3 is 2.59 bits per heavy atom. The number of alkyl carbamates (subject to hydrolysis) is 1. The molecule has 0 spiro atoms. The van der Waals surface area contributed by atoms with Gasteiger partial charge in [-0.3, -0.25) is 10.1 Å². The van der Waals surface area contributed by atoms with Crippen molar-refractivity contribution in [1.29, 1.82) is 0 Å². The lowest BCUT2D eigenvalue weighted by molar-refractivity contribution is -0.385. The zero-order valence-corrected chi connectivity index (χ0v) is 12.8. The molecule has 1 unspecified atom stereocenters. The predicted octanol–water partition coefficient (Wildman–Crippen LogP) is 2.30. The number of carbonyl (C=O) groups is 1. The molecule has 0 aliphatic heterocycles. The van der Waals surface area contributed by atoms with Gasteiger partial charge < -0.3 is 15.8 Å². The van der Waals surface area contributed by atoms with Crippen LogP contribution in [-0.2, 0) is 4.74 Å². The number of nitro groups is 1. The SMILES string of the molecule is CC(C)(C)OC(=O)NCC(CN)c1ccc([N+](=O)[O-])cc1F. The van der Waals surface area contributed by atoms with Crippen LogP contribution in [0.4, 0.5) is 14.9 Å². The van der Waals surface area contributed by atoms with E-state index in [1.54, 1.807) is 20.8 Å². The van der Waals surface area contributed by atoms with Crippen molar-refractivity contribution in [3.05, 3.63) is 39.7 Å². The second-order valence-electron chi connectivity index (χ2n) is 5.78. The molecule has 0 aliphatic carbocycles. The summed E-state index contributed by atoms with van der Waals surface area (Å²) in [5.41, 5.74) is 4.83. The maximum atomic E-state index is 13.9.